The highest BCUT2D eigenvalue weighted by atomic mass is 16.3. The number of hydrogen-bond donors (Lipinski definition) is 1. The Morgan fingerprint density at radius 3 is 2.30 bits per heavy atom. The molecule has 0 radical (unpaired) electrons. The van der Waals surface area contributed by atoms with Gasteiger partial charge in [-0.1, -0.05) is 13.8 Å². The first-order chi connectivity index (χ1) is 10.7. The first-order valence-corrected chi connectivity index (χ1v) is 8.47. The van der Waals surface area contributed by atoms with E-state index in [9.17, 15) is 4.79 Å². The highest BCUT2D eigenvalue weighted by Gasteiger charge is 2.27. The van der Waals surface area contributed by atoms with Crippen molar-refractivity contribution in [2.24, 2.45) is 0 Å². The van der Waals surface area contributed by atoms with Gasteiger partial charge < -0.3 is 10.0 Å². The summed E-state index contributed by atoms with van der Waals surface area (Å²) in [6, 6.07) is 1.94. The first kappa shape index (κ1) is 17.9. The third-order valence-corrected chi connectivity index (χ3v) is 4.26. The molecule has 1 fully saturated rings. The molecule has 1 aliphatic heterocycles. The zero-order valence-corrected chi connectivity index (χ0v) is 15.0. The quantitative estimate of drug-likeness (QED) is 0.913. The van der Waals surface area contributed by atoms with Crippen molar-refractivity contribution in [3.8, 4) is 0 Å². The summed E-state index contributed by atoms with van der Waals surface area (Å²) in [6.07, 6.45) is 0. The van der Waals surface area contributed by atoms with Crippen molar-refractivity contribution in [3.05, 3.63) is 17.5 Å². The molecule has 2 heterocycles. The van der Waals surface area contributed by atoms with E-state index in [-0.39, 0.29) is 18.1 Å². The molecule has 0 aromatic carbocycles. The second-order valence-corrected chi connectivity index (χ2v) is 7.55. The molecule has 6 heteroatoms. The second kappa shape index (κ2) is 7.01. The topological polar surface area (TPSA) is 61.6 Å². The fourth-order valence-electron chi connectivity index (χ4n) is 2.93. The third kappa shape index (κ3) is 4.12. The lowest BCUT2D eigenvalue weighted by atomic mass is 10.1. The molecule has 1 N–H and O–H groups in total. The molecular weight excluding hydrogens is 292 g/mol. The molecule has 1 saturated heterocycles. The Morgan fingerprint density at radius 1 is 1.26 bits per heavy atom. The average molecular weight is 322 g/mol. The maximum absolute atomic E-state index is 12.8. The normalized spacial score (nSPS) is 17.1. The van der Waals surface area contributed by atoms with E-state index in [1.54, 1.807) is 0 Å². The molecular formula is C17H30N4O2. The number of aliphatic hydroxyl groups excluding tert-OH is 1. The van der Waals surface area contributed by atoms with E-state index < -0.39 is 0 Å². The summed E-state index contributed by atoms with van der Waals surface area (Å²) in [7, 11) is 0. The fraction of sp³-hybridized carbons (Fsp3) is 0.765. The molecule has 6 nitrogen and oxygen atoms in total. The summed E-state index contributed by atoms with van der Waals surface area (Å²) in [5.41, 5.74) is 1.50. The standard InChI is InChI=1S/C17H30N4O2/c1-13(2)15-12-14(18-21(15)17(3,4)5)16(23)20-8-6-19(7-9-20)10-11-22/h12-13,22H,6-11H2,1-5H3. The third-order valence-electron chi connectivity index (χ3n) is 4.26. The lowest BCUT2D eigenvalue weighted by Gasteiger charge is -2.34. The smallest absolute Gasteiger partial charge is 0.274 e. The molecule has 0 aliphatic carbocycles. The molecule has 0 atom stereocenters. The minimum Gasteiger partial charge on any atom is -0.395 e. The van der Waals surface area contributed by atoms with Crippen LogP contribution in [0, 0.1) is 0 Å². The summed E-state index contributed by atoms with van der Waals surface area (Å²) < 4.78 is 1.98. The van der Waals surface area contributed by atoms with Crippen LogP contribution in [0.4, 0.5) is 0 Å². The molecule has 1 aromatic heterocycles. The minimum atomic E-state index is -0.141. The summed E-state index contributed by atoms with van der Waals surface area (Å²) >= 11 is 0. The number of nitrogens with zero attached hydrogens (tertiary/aromatic N) is 4. The summed E-state index contributed by atoms with van der Waals surface area (Å²) in [5, 5.41) is 13.6. The Balaban J connectivity index is 2.14. The highest BCUT2D eigenvalue weighted by molar-refractivity contribution is 5.92. The molecule has 0 spiro atoms. The average Bonchev–Trinajstić information content (AvgIpc) is 2.93. The van der Waals surface area contributed by atoms with Crippen LogP contribution in [0.25, 0.3) is 0 Å². The number of carbonyl (C=O) groups excluding carboxylic acids is 1. The second-order valence-electron chi connectivity index (χ2n) is 7.55. The Hall–Kier alpha value is -1.40. The summed E-state index contributed by atoms with van der Waals surface area (Å²) in [4.78, 5) is 16.8. The molecule has 2 rings (SSSR count). The predicted molar refractivity (Wildman–Crippen MR) is 90.7 cm³/mol. The molecule has 0 saturated carbocycles. The van der Waals surface area contributed by atoms with Crippen LogP contribution in [0.5, 0.6) is 0 Å². The van der Waals surface area contributed by atoms with Crippen molar-refractivity contribution in [1.82, 2.24) is 19.6 Å². The van der Waals surface area contributed by atoms with E-state index in [1.807, 2.05) is 15.6 Å². The van der Waals surface area contributed by atoms with Crippen LogP contribution in [0.1, 0.15) is 56.7 Å². The number of amides is 1. The Morgan fingerprint density at radius 2 is 1.87 bits per heavy atom. The van der Waals surface area contributed by atoms with Gasteiger partial charge in [-0.2, -0.15) is 5.10 Å². The van der Waals surface area contributed by atoms with Crippen LogP contribution in [0.15, 0.2) is 6.07 Å². The monoisotopic (exact) mass is 322 g/mol. The van der Waals surface area contributed by atoms with Gasteiger partial charge in [-0.05, 0) is 32.8 Å². The Bertz CT molecular complexity index is 537. The number of aliphatic hydroxyl groups is 1. The molecule has 1 aliphatic rings. The van der Waals surface area contributed by atoms with E-state index in [1.165, 1.54) is 0 Å². The number of β-amino-alcohol motifs (C(OH)–C–C–N with tert-alkyl or cyclic N) is 1. The molecule has 0 unspecified atom stereocenters. The van der Waals surface area contributed by atoms with E-state index >= 15 is 0 Å². The SMILES string of the molecule is CC(C)c1cc(C(=O)N2CCN(CCO)CC2)nn1C(C)(C)C. The molecule has 0 bridgehead atoms. The van der Waals surface area contributed by atoms with E-state index in [2.05, 4.69) is 44.6 Å². The number of rotatable bonds is 4. The zero-order valence-electron chi connectivity index (χ0n) is 15.0. The van der Waals surface area contributed by atoms with Gasteiger partial charge in [0.1, 0.15) is 0 Å². The Kier molecular flexibility index (Phi) is 5.47. The van der Waals surface area contributed by atoms with Crippen LogP contribution < -0.4 is 0 Å². The Labute approximate surface area is 139 Å². The summed E-state index contributed by atoms with van der Waals surface area (Å²) in [6.45, 7) is 14.4. The fourth-order valence-corrected chi connectivity index (χ4v) is 2.93. The van der Waals surface area contributed by atoms with Crippen LogP contribution in [0.3, 0.4) is 0 Å². The first-order valence-electron chi connectivity index (χ1n) is 8.47. The van der Waals surface area contributed by atoms with Crippen LogP contribution in [0.2, 0.25) is 0 Å². The van der Waals surface area contributed by atoms with Crippen LogP contribution in [-0.4, -0.2) is 69.9 Å². The number of hydrogen-bond acceptors (Lipinski definition) is 4. The maximum atomic E-state index is 12.8. The predicted octanol–water partition coefficient (Wildman–Crippen LogP) is 1.51. The number of carbonyl (C=O) groups is 1. The maximum Gasteiger partial charge on any atom is 0.274 e. The summed E-state index contributed by atoms with van der Waals surface area (Å²) in [5.74, 6) is 0.336. The van der Waals surface area contributed by atoms with Gasteiger partial charge in [0, 0.05) is 38.4 Å². The van der Waals surface area contributed by atoms with Crippen LogP contribution in [-0.2, 0) is 5.54 Å². The van der Waals surface area contributed by atoms with E-state index in [0.29, 0.717) is 31.2 Å². The van der Waals surface area contributed by atoms with E-state index in [0.717, 1.165) is 18.8 Å². The van der Waals surface area contributed by atoms with Gasteiger partial charge in [0.25, 0.3) is 5.91 Å². The van der Waals surface area contributed by atoms with Gasteiger partial charge in [-0.3, -0.25) is 14.4 Å². The molecule has 130 valence electrons. The van der Waals surface area contributed by atoms with Gasteiger partial charge >= 0.3 is 0 Å². The van der Waals surface area contributed by atoms with Gasteiger partial charge in [-0.15, -0.1) is 0 Å². The molecule has 23 heavy (non-hydrogen) atoms. The number of piperazine rings is 1. The largest absolute Gasteiger partial charge is 0.395 e. The van der Waals surface area contributed by atoms with Crippen molar-refractivity contribution >= 4 is 5.91 Å². The van der Waals surface area contributed by atoms with Crippen molar-refractivity contribution in [3.63, 3.8) is 0 Å². The number of aromatic nitrogens is 2. The van der Waals surface area contributed by atoms with Gasteiger partial charge in [0.15, 0.2) is 5.69 Å². The van der Waals surface area contributed by atoms with Crippen LogP contribution >= 0.6 is 0 Å². The van der Waals surface area contributed by atoms with Gasteiger partial charge in [-0.25, -0.2) is 0 Å². The van der Waals surface area contributed by atoms with Gasteiger partial charge in [0.2, 0.25) is 0 Å². The molecule has 1 amide bonds. The van der Waals surface area contributed by atoms with Crippen molar-refractivity contribution in [1.29, 1.82) is 0 Å². The van der Waals surface area contributed by atoms with Crippen molar-refractivity contribution in [2.45, 2.75) is 46.1 Å². The van der Waals surface area contributed by atoms with Crippen molar-refractivity contribution in [2.75, 3.05) is 39.3 Å². The molecule has 1 aromatic rings. The zero-order chi connectivity index (χ0) is 17.2. The van der Waals surface area contributed by atoms with Gasteiger partial charge in [0.05, 0.1) is 12.1 Å². The minimum absolute atomic E-state index is 0.0125. The van der Waals surface area contributed by atoms with Crippen molar-refractivity contribution < 1.29 is 9.90 Å². The lowest BCUT2D eigenvalue weighted by Crippen LogP contribution is -2.49. The highest BCUT2D eigenvalue weighted by Crippen LogP contribution is 2.24. The van der Waals surface area contributed by atoms with E-state index in [4.69, 9.17) is 5.11 Å². The lowest BCUT2D eigenvalue weighted by molar-refractivity contribution is 0.0608.